The van der Waals surface area contributed by atoms with Crippen molar-refractivity contribution in [3.8, 4) is 0 Å². The van der Waals surface area contributed by atoms with Crippen LogP contribution in [0.15, 0.2) is 0 Å². The highest BCUT2D eigenvalue weighted by atomic mass is 16.5. The van der Waals surface area contributed by atoms with Gasteiger partial charge in [0.25, 0.3) is 0 Å². The number of ether oxygens (including phenoxy) is 1. The zero-order valence-electron chi connectivity index (χ0n) is 8.96. The van der Waals surface area contributed by atoms with Crippen LogP contribution in [0.2, 0.25) is 0 Å². The van der Waals surface area contributed by atoms with E-state index in [0.717, 1.165) is 0 Å². The third kappa shape index (κ3) is 4.88. The molecule has 0 aliphatic heterocycles. The molecule has 0 bridgehead atoms. The summed E-state index contributed by atoms with van der Waals surface area (Å²) in [5.74, 6) is -1.05. The molecule has 0 aromatic rings. The molecule has 0 amide bonds. The molecule has 0 aromatic heterocycles. The van der Waals surface area contributed by atoms with Crippen molar-refractivity contribution in [2.75, 3.05) is 13.2 Å². The second-order valence-electron chi connectivity index (χ2n) is 4.24. The average Bonchev–Trinajstić information content (AvgIpc) is 1.94. The molecule has 0 saturated carbocycles. The quantitative estimate of drug-likeness (QED) is 0.672. The van der Waals surface area contributed by atoms with Crippen LogP contribution in [0.5, 0.6) is 0 Å². The molecule has 78 valence electrons. The van der Waals surface area contributed by atoms with Gasteiger partial charge in [0.2, 0.25) is 0 Å². The Hall–Kier alpha value is -0.570. The number of carboxylic acid groups (broad SMARTS) is 1. The van der Waals surface area contributed by atoms with Crippen molar-refractivity contribution in [2.24, 2.45) is 11.3 Å². The predicted octanol–water partition coefficient (Wildman–Crippen LogP) is 2.16. The van der Waals surface area contributed by atoms with Gasteiger partial charge in [-0.3, -0.25) is 4.79 Å². The molecule has 0 radical (unpaired) electrons. The second kappa shape index (κ2) is 5.22. The van der Waals surface area contributed by atoms with Gasteiger partial charge in [-0.25, -0.2) is 0 Å². The largest absolute Gasteiger partial charge is 0.481 e. The minimum Gasteiger partial charge on any atom is -0.481 e. The average molecular weight is 188 g/mol. The van der Waals surface area contributed by atoms with Gasteiger partial charge < -0.3 is 9.84 Å². The minimum atomic E-state index is -0.729. The molecular weight excluding hydrogens is 168 g/mol. The molecule has 0 spiro atoms. The fourth-order valence-corrected chi connectivity index (χ4v) is 1.27. The Labute approximate surface area is 80.1 Å². The molecule has 0 saturated heterocycles. The molecule has 0 aliphatic carbocycles. The molecule has 1 unspecified atom stereocenters. The standard InChI is InChI=1S/C10H20O3/c1-5-13-7-6-8(9(11)12)10(2,3)4/h8H,5-7H2,1-4H3,(H,11,12). The van der Waals surface area contributed by atoms with Crippen molar-refractivity contribution in [2.45, 2.75) is 34.1 Å². The van der Waals surface area contributed by atoms with Gasteiger partial charge in [0.05, 0.1) is 5.92 Å². The molecule has 3 heteroatoms. The summed E-state index contributed by atoms with van der Waals surface area (Å²) in [6.45, 7) is 8.92. The number of hydrogen-bond donors (Lipinski definition) is 1. The summed E-state index contributed by atoms with van der Waals surface area (Å²) in [5.41, 5.74) is -0.192. The first-order chi connectivity index (χ1) is 5.89. The predicted molar refractivity (Wildman–Crippen MR) is 51.7 cm³/mol. The smallest absolute Gasteiger partial charge is 0.307 e. The Balaban J connectivity index is 4.04. The van der Waals surface area contributed by atoms with Gasteiger partial charge in [-0.2, -0.15) is 0 Å². The molecule has 1 N–H and O–H groups in total. The number of rotatable bonds is 5. The summed E-state index contributed by atoms with van der Waals surface area (Å²) in [6.07, 6.45) is 0.590. The highest BCUT2D eigenvalue weighted by molar-refractivity contribution is 5.70. The molecule has 0 rings (SSSR count). The van der Waals surface area contributed by atoms with Crippen molar-refractivity contribution in [3.63, 3.8) is 0 Å². The molecule has 1 atom stereocenters. The van der Waals surface area contributed by atoms with Gasteiger partial charge in [0.1, 0.15) is 0 Å². The lowest BCUT2D eigenvalue weighted by atomic mass is 9.79. The van der Waals surface area contributed by atoms with Crippen LogP contribution < -0.4 is 0 Å². The Morgan fingerprint density at radius 1 is 1.46 bits per heavy atom. The maximum Gasteiger partial charge on any atom is 0.307 e. The molecule has 13 heavy (non-hydrogen) atoms. The van der Waals surface area contributed by atoms with E-state index in [4.69, 9.17) is 9.84 Å². The molecule has 0 aromatic carbocycles. The Morgan fingerprint density at radius 3 is 2.31 bits per heavy atom. The summed E-state index contributed by atoms with van der Waals surface area (Å²) >= 11 is 0. The number of hydrogen-bond acceptors (Lipinski definition) is 2. The van der Waals surface area contributed by atoms with Gasteiger partial charge in [-0.1, -0.05) is 20.8 Å². The lowest BCUT2D eigenvalue weighted by Gasteiger charge is -2.26. The molecule has 0 heterocycles. The van der Waals surface area contributed by atoms with Gasteiger partial charge in [-0.05, 0) is 18.8 Å². The van der Waals surface area contributed by atoms with Gasteiger partial charge in [0, 0.05) is 13.2 Å². The van der Waals surface area contributed by atoms with Crippen LogP contribution in [0.3, 0.4) is 0 Å². The summed E-state index contributed by atoms with van der Waals surface area (Å²) in [5, 5.41) is 8.95. The Kier molecular flexibility index (Phi) is 4.99. The van der Waals surface area contributed by atoms with E-state index in [0.29, 0.717) is 19.6 Å². The minimum absolute atomic E-state index is 0.192. The van der Waals surface area contributed by atoms with Gasteiger partial charge >= 0.3 is 5.97 Å². The maximum atomic E-state index is 10.9. The van der Waals surface area contributed by atoms with E-state index < -0.39 is 5.97 Å². The summed E-state index contributed by atoms with van der Waals surface area (Å²) in [4.78, 5) is 10.9. The third-order valence-corrected chi connectivity index (χ3v) is 2.10. The number of carbonyl (C=O) groups is 1. The lowest BCUT2D eigenvalue weighted by molar-refractivity contribution is -0.146. The van der Waals surface area contributed by atoms with Crippen LogP contribution in [0.4, 0.5) is 0 Å². The van der Waals surface area contributed by atoms with E-state index in [2.05, 4.69) is 0 Å². The summed E-state index contributed by atoms with van der Waals surface area (Å²) in [6, 6.07) is 0. The first-order valence-corrected chi connectivity index (χ1v) is 4.70. The van der Waals surface area contributed by atoms with Crippen LogP contribution in [0.1, 0.15) is 34.1 Å². The van der Waals surface area contributed by atoms with E-state index in [1.54, 1.807) is 0 Å². The lowest BCUT2D eigenvalue weighted by Crippen LogP contribution is -2.29. The molecule has 0 aliphatic rings. The topological polar surface area (TPSA) is 46.5 Å². The molecule has 3 nitrogen and oxygen atoms in total. The zero-order valence-corrected chi connectivity index (χ0v) is 8.96. The van der Waals surface area contributed by atoms with Crippen LogP contribution in [0, 0.1) is 11.3 Å². The Bertz CT molecular complexity index is 158. The summed E-state index contributed by atoms with van der Waals surface area (Å²) < 4.78 is 5.15. The van der Waals surface area contributed by atoms with Crippen molar-refractivity contribution in [1.82, 2.24) is 0 Å². The molecular formula is C10H20O3. The molecule has 0 fully saturated rings. The van der Waals surface area contributed by atoms with Gasteiger partial charge in [-0.15, -0.1) is 0 Å². The monoisotopic (exact) mass is 188 g/mol. The van der Waals surface area contributed by atoms with Crippen LogP contribution in [0.25, 0.3) is 0 Å². The van der Waals surface area contributed by atoms with Crippen molar-refractivity contribution >= 4 is 5.97 Å². The first kappa shape index (κ1) is 12.4. The van der Waals surface area contributed by atoms with Crippen molar-refractivity contribution in [3.05, 3.63) is 0 Å². The van der Waals surface area contributed by atoms with E-state index in [1.807, 2.05) is 27.7 Å². The Morgan fingerprint density at radius 2 is 2.00 bits per heavy atom. The second-order valence-corrected chi connectivity index (χ2v) is 4.24. The number of carboxylic acids is 1. The normalized spacial score (nSPS) is 14.2. The first-order valence-electron chi connectivity index (χ1n) is 4.70. The van der Waals surface area contributed by atoms with Crippen LogP contribution >= 0.6 is 0 Å². The third-order valence-electron chi connectivity index (χ3n) is 2.10. The van der Waals surface area contributed by atoms with Crippen molar-refractivity contribution < 1.29 is 14.6 Å². The summed E-state index contributed by atoms with van der Waals surface area (Å²) in [7, 11) is 0. The highest BCUT2D eigenvalue weighted by Gasteiger charge is 2.30. The van der Waals surface area contributed by atoms with E-state index in [1.165, 1.54) is 0 Å². The fraction of sp³-hybridized carbons (Fsp3) is 0.900. The fourth-order valence-electron chi connectivity index (χ4n) is 1.27. The van der Waals surface area contributed by atoms with Crippen LogP contribution in [-0.2, 0) is 9.53 Å². The SMILES string of the molecule is CCOCCC(C(=O)O)C(C)(C)C. The number of aliphatic carboxylic acids is 1. The van der Waals surface area contributed by atoms with Crippen molar-refractivity contribution in [1.29, 1.82) is 0 Å². The van der Waals surface area contributed by atoms with E-state index in [9.17, 15) is 4.79 Å². The zero-order chi connectivity index (χ0) is 10.5. The highest BCUT2D eigenvalue weighted by Crippen LogP contribution is 2.28. The van der Waals surface area contributed by atoms with E-state index in [-0.39, 0.29) is 11.3 Å². The van der Waals surface area contributed by atoms with Crippen LogP contribution in [-0.4, -0.2) is 24.3 Å². The van der Waals surface area contributed by atoms with E-state index >= 15 is 0 Å². The van der Waals surface area contributed by atoms with Gasteiger partial charge in [0.15, 0.2) is 0 Å². The maximum absolute atomic E-state index is 10.9.